The number of benzene rings is 1. The summed E-state index contributed by atoms with van der Waals surface area (Å²) in [6.45, 7) is 0. The fourth-order valence-electron chi connectivity index (χ4n) is 2.62. The van der Waals surface area contributed by atoms with Crippen LogP contribution in [0.1, 0.15) is 37.7 Å². The molecule has 21 heavy (non-hydrogen) atoms. The van der Waals surface area contributed by atoms with Crippen molar-refractivity contribution in [2.45, 2.75) is 38.1 Å². The van der Waals surface area contributed by atoms with E-state index in [1.165, 1.54) is 19.3 Å². The maximum atomic E-state index is 11.9. The van der Waals surface area contributed by atoms with Gasteiger partial charge in [-0.05, 0) is 31.1 Å². The Morgan fingerprint density at radius 3 is 2.62 bits per heavy atom. The quantitative estimate of drug-likeness (QED) is 0.847. The van der Waals surface area contributed by atoms with Gasteiger partial charge in [-0.25, -0.2) is 0 Å². The first-order valence-electron chi connectivity index (χ1n) is 7.43. The van der Waals surface area contributed by atoms with Crippen molar-refractivity contribution in [1.29, 1.82) is 0 Å². The van der Waals surface area contributed by atoms with Gasteiger partial charge in [-0.2, -0.15) is 0 Å². The molecule has 1 fully saturated rings. The molecule has 0 bridgehead atoms. The van der Waals surface area contributed by atoms with Crippen LogP contribution in [0.2, 0.25) is 0 Å². The van der Waals surface area contributed by atoms with E-state index in [0.717, 1.165) is 24.2 Å². The van der Waals surface area contributed by atoms with Crippen LogP contribution in [0.15, 0.2) is 24.3 Å². The number of ether oxygens (including phenoxy) is 2. The molecular formula is C17H23NO3. The van der Waals surface area contributed by atoms with Crippen LogP contribution < -0.4 is 14.8 Å². The highest BCUT2D eigenvalue weighted by Crippen LogP contribution is 2.25. The SMILES string of the molecule is COc1ccc(C=CC(=O)NC2CCCCC2)c(OC)c1. The molecule has 0 heterocycles. The molecule has 0 aliphatic heterocycles. The zero-order chi connectivity index (χ0) is 15.1. The molecule has 1 aromatic carbocycles. The second kappa shape index (κ2) is 7.72. The standard InChI is InChI=1S/C17H23NO3/c1-20-15-10-8-13(16(12-15)21-2)9-11-17(19)18-14-6-4-3-5-7-14/h8-12,14H,3-7H2,1-2H3,(H,18,19). The van der Waals surface area contributed by atoms with Crippen LogP contribution >= 0.6 is 0 Å². The number of amides is 1. The van der Waals surface area contributed by atoms with Crippen molar-refractivity contribution in [3.8, 4) is 11.5 Å². The normalized spacial score (nSPS) is 15.9. The Hall–Kier alpha value is -1.97. The van der Waals surface area contributed by atoms with Crippen molar-refractivity contribution in [3.05, 3.63) is 29.8 Å². The van der Waals surface area contributed by atoms with Crippen LogP contribution in [-0.4, -0.2) is 26.2 Å². The predicted molar refractivity (Wildman–Crippen MR) is 83.6 cm³/mol. The van der Waals surface area contributed by atoms with E-state index in [4.69, 9.17) is 9.47 Å². The molecule has 1 N–H and O–H groups in total. The maximum Gasteiger partial charge on any atom is 0.244 e. The lowest BCUT2D eigenvalue weighted by molar-refractivity contribution is -0.117. The van der Waals surface area contributed by atoms with Gasteiger partial charge in [-0.15, -0.1) is 0 Å². The highest BCUT2D eigenvalue weighted by molar-refractivity contribution is 5.92. The molecule has 114 valence electrons. The Balaban J connectivity index is 1.97. The first-order chi connectivity index (χ1) is 10.2. The number of rotatable bonds is 5. The van der Waals surface area contributed by atoms with E-state index in [1.807, 2.05) is 12.1 Å². The van der Waals surface area contributed by atoms with Gasteiger partial charge in [-0.1, -0.05) is 19.3 Å². The molecular weight excluding hydrogens is 266 g/mol. The van der Waals surface area contributed by atoms with Gasteiger partial charge in [0, 0.05) is 23.7 Å². The number of hydrogen-bond donors (Lipinski definition) is 1. The van der Waals surface area contributed by atoms with E-state index in [2.05, 4.69) is 5.32 Å². The molecule has 4 heteroatoms. The van der Waals surface area contributed by atoms with Crippen molar-refractivity contribution >= 4 is 12.0 Å². The number of carbonyl (C=O) groups excluding carboxylic acids is 1. The van der Waals surface area contributed by atoms with Crippen molar-refractivity contribution in [2.75, 3.05) is 14.2 Å². The lowest BCUT2D eigenvalue weighted by Gasteiger charge is -2.21. The number of hydrogen-bond acceptors (Lipinski definition) is 3. The maximum absolute atomic E-state index is 11.9. The molecule has 1 aliphatic carbocycles. The third-order valence-electron chi connectivity index (χ3n) is 3.81. The molecule has 0 spiro atoms. The van der Waals surface area contributed by atoms with Gasteiger partial charge in [0.1, 0.15) is 11.5 Å². The van der Waals surface area contributed by atoms with E-state index < -0.39 is 0 Å². The van der Waals surface area contributed by atoms with Crippen molar-refractivity contribution in [2.24, 2.45) is 0 Å². The number of methoxy groups -OCH3 is 2. The van der Waals surface area contributed by atoms with E-state index in [9.17, 15) is 4.79 Å². The predicted octanol–water partition coefficient (Wildman–Crippen LogP) is 3.17. The molecule has 0 unspecified atom stereocenters. The second-order valence-corrected chi connectivity index (χ2v) is 5.28. The van der Waals surface area contributed by atoms with Crippen molar-refractivity contribution in [1.82, 2.24) is 5.32 Å². The summed E-state index contributed by atoms with van der Waals surface area (Å²) in [6.07, 6.45) is 9.22. The molecule has 2 rings (SSSR count). The molecule has 1 aliphatic rings. The van der Waals surface area contributed by atoms with Gasteiger partial charge >= 0.3 is 0 Å². The third kappa shape index (κ3) is 4.52. The van der Waals surface area contributed by atoms with Crippen LogP contribution in [0.3, 0.4) is 0 Å². The summed E-state index contributed by atoms with van der Waals surface area (Å²) < 4.78 is 10.5. The molecule has 0 aromatic heterocycles. The Morgan fingerprint density at radius 1 is 1.19 bits per heavy atom. The van der Waals surface area contributed by atoms with Crippen LogP contribution in [0.25, 0.3) is 6.08 Å². The highest BCUT2D eigenvalue weighted by Gasteiger charge is 2.14. The summed E-state index contributed by atoms with van der Waals surface area (Å²) in [6, 6.07) is 5.86. The summed E-state index contributed by atoms with van der Waals surface area (Å²) in [5, 5.41) is 3.06. The summed E-state index contributed by atoms with van der Waals surface area (Å²) in [7, 11) is 3.22. The highest BCUT2D eigenvalue weighted by atomic mass is 16.5. The van der Waals surface area contributed by atoms with E-state index in [0.29, 0.717) is 11.8 Å². The van der Waals surface area contributed by atoms with Gasteiger partial charge in [0.2, 0.25) is 5.91 Å². The molecule has 4 nitrogen and oxygen atoms in total. The smallest absolute Gasteiger partial charge is 0.244 e. The summed E-state index contributed by atoms with van der Waals surface area (Å²) in [5.41, 5.74) is 0.858. The van der Waals surface area contributed by atoms with Crippen LogP contribution in [0.4, 0.5) is 0 Å². The van der Waals surface area contributed by atoms with Crippen LogP contribution in [-0.2, 0) is 4.79 Å². The molecule has 0 radical (unpaired) electrons. The van der Waals surface area contributed by atoms with Gasteiger partial charge in [0.25, 0.3) is 0 Å². The van der Waals surface area contributed by atoms with Crippen molar-refractivity contribution in [3.63, 3.8) is 0 Å². The fourth-order valence-corrected chi connectivity index (χ4v) is 2.62. The third-order valence-corrected chi connectivity index (χ3v) is 3.81. The Kier molecular flexibility index (Phi) is 5.67. The van der Waals surface area contributed by atoms with Crippen molar-refractivity contribution < 1.29 is 14.3 Å². The van der Waals surface area contributed by atoms with Crippen LogP contribution in [0.5, 0.6) is 11.5 Å². The van der Waals surface area contributed by atoms with Crippen LogP contribution in [0, 0.1) is 0 Å². The number of carbonyl (C=O) groups is 1. The van der Waals surface area contributed by atoms with E-state index >= 15 is 0 Å². The fraction of sp³-hybridized carbons (Fsp3) is 0.471. The largest absolute Gasteiger partial charge is 0.497 e. The second-order valence-electron chi connectivity index (χ2n) is 5.28. The molecule has 0 atom stereocenters. The zero-order valence-electron chi connectivity index (χ0n) is 12.7. The summed E-state index contributed by atoms with van der Waals surface area (Å²) in [4.78, 5) is 11.9. The van der Waals surface area contributed by atoms with Gasteiger partial charge < -0.3 is 14.8 Å². The van der Waals surface area contributed by atoms with Gasteiger partial charge in [0.05, 0.1) is 14.2 Å². The van der Waals surface area contributed by atoms with Gasteiger partial charge in [-0.3, -0.25) is 4.79 Å². The summed E-state index contributed by atoms with van der Waals surface area (Å²) >= 11 is 0. The minimum absolute atomic E-state index is 0.0419. The first kappa shape index (κ1) is 15.4. The Morgan fingerprint density at radius 2 is 1.95 bits per heavy atom. The molecule has 1 aromatic rings. The van der Waals surface area contributed by atoms with Gasteiger partial charge in [0.15, 0.2) is 0 Å². The first-order valence-corrected chi connectivity index (χ1v) is 7.43. The average Bonchev–Trinajstić information content (AvgIpc) is 2.53. The zero-order valence-corrected chi connectivity index (χ0v) is 12.7. The number of nitrogens with one attached hydrogen (secondary N) is 1. The molecule has 1 amide bonds. The Bertz CT molecular complexity index is 505. The van der Waals surface area contributed by atoms with E-state index in [-0.39, 0.29) is 5.91 Å². The minimum Gasteiger partial charge on any atom is -0.497 e. The molecule has 1 saturated carbocycles. The Labute approximate surface area is 126 Å². The summed E-state index contributed by atoms with van der Waals surface area (Å²) in [5.74, 6) is 1.38. The monoisotopic (exact) mass is 289 g/mol. The average molecular weight is 289 g/mol. The lowest BCUT2D eigenvalue weighted by Crippen LogP contribution is -2.34. The topological polar surface area (TPSA) is 47.6 Å². The minimum atomic E-state index is -0.0419. The lowest BCUT2D eigenvalue weighted by atomic mass is 9.95. The van der Waals surface area contributed by atoms with E-state index in [1.54, 1.807) is 32.4 Å². The molecule has 0 saturated heterocycles.